The molecule has 0 unspecified atom stereocenters. The lowest BCUT2D eigenvalue weighted by Gasteiger charge is -2.43. The zero-order chi connectivity index (χ0) is 17.6. The molecule has 0 aliphatic heterocycles. The minimum Gasteiger partial charge on any atom is -0.497 e. The zero-order valence-corrected chi connectivity index (χ0v) is 14.0. The average Bonchev–Trinajstić information content (AvgIpc) is 2.66. The molecule has 0 saturated carbocycles. The van der Waals surface area contributed by atoms with E-state index in [1.807, 2.05) is 42.5 Å². The number of benzene rings is 1. The van der Waals surface area contributed by atoms with Gasteiger partial charge in [0.25, 0.3) is 0 Å². The topological polar surface area (TPSA) is 75.3 Å². The van der Waals surface area contributed by atoms with Gasteiger partial charge in [0.1, 0.15) is 5.75 Å². The second-order valence-electron chi connectivity index (χ2n) is 5.48. The van der Waals surface area contributed by atoms with Crippen molar-refractivity contribution < 1.29 is 14.2 Å². The fraction of sp³-hybridized carbons (Fsp3) is 0.368. The second-order valence-corrected chi connectivity index (χ2v) is 5.48. The Morgan fingerprint density at radius 3 is 2.21 bits per heavy atom. The van der Waals surface area contributed by atoms with E-state index < -0.39 is 11.2 Å². The van der Waals surface area contributed by atoms with Crippen LogP contribution in [-0.2, 0) is 9.47 Å². The molecule has 0 spiro atoms. The quantitative estimate of drug-likeness (QED) is 0.613. The van der Waals surface area contributed by atoms with Crippen molar-refractivity contribution in [3.8, 4) is 17.9 Å². The highest BCUT2D eigenvalue weighted by atomic mass is 16.7. The molecule has 5 heteroatoms. The smallest absolute Gasteiger partial charge is 0.220 e. The summed E-state index contributed by atoms with van der Waals surface area (Å²) in [5.41, 5.74) is -0.510. The van der Waals surface area contributed by atoms with Gasteiger partial charge in [-0.05, 0) is 30.2 Å². The van der Waals surface area contributed by atoms with Gasteiger partial charge in [-0.15, -0.1) is 0 Å². The first-order chi connectivity index (χ1) is 11.6. The van der Waals surface area contributed by atoms with Gasteiger partial charge in [-0.3, -0.25) is 0 Å². The predicted molar refractivity (Wildman–Crippen MR) is 89.7 cm³/mol. The Balaban J connectivity index is 2.38. The molecule has 1 atom stereocenters. The maximum atomic E-state index is 9.76. The second kappa shape index (κ2) is 7.31. The predicted octanol–water partition coefficient (Wildman–Crippen LogP) is 3.31. The number of ether oxygens (including phenoxy) is 3. The summed E-state index contributed by atoms with van der Waals surface area (Å²) < 4.78 is 16.0. The van der Waals surface area contributed by atoms with Gasteiger partial charge >= 0.3 is 0 Å². The van der Waals surface area contributed by atoms with E-state index in [2.05, 4.69) is 12.1 Å². The summed E-state index contributed by atoms with van der Waals surface area (Å²) in [4.78, 5) is 0. The molecular weight excluding hydrogens is 304 g/mol. The van der Waals surface area contributed by atoms with Crippen LogP contribution in [-0.4, -0.2) is 27.1 Å². The molecule has 1 aliphatic rings. The number of rotatable bonds is 5. The average molecular weight is 324 g/mol. The SMILES string of the molecule is COc1ccc(/C=C/[C@H]2CC=CC(OC)(OC)C2(C#N)C#N)cc1. The van der Waals surface area contributed by atoms with Crippen LogP contribution in [0.2, 0.25) is 0 Å². The molecule has 0 heterocycles. The Morgan fingerprint density at radius 2 is 1.71 bits per heavy atom. The first-order valence-electron chi connectivity index (χ1n) is 7.54. The lowest BCUT2D eigenvalue weighted by molar-refractivity contribution is -0.223. The van der Waals surface area contributed by atoms with E-state index in [0.717, 1.165) is 11.3 Å². The number of methoxy groups -OCH3 is 3. The highest BCUT2D eigenvalue weighted by Gasteiger charge is 2.58. The van der Waals surface area contributed by atoms with Crippen molar-refractivity contribution in [3.63, 3.8) is 0 Å². The molecule has 1 aliphatic carbocycles. The van der Waals surface area contributed by atoms with Gasteiger partial charge in [0.15, 0.2) is 0 Å². The molecule has 124 valence electrons. The largest absolute Gasteiger partial charge is 0.497 e. The molecule has 0 amide bonds. The van der Waals surface area contributed by atoms with Gasteiger partial charge in [-0.25, -0.2) is 0 Å². The third kappa shape index (κ3) is 2.80. The van der Waals surface area contributed by atoms with Gasteiger partial charge in [0, 0.05) is 20.1 Å². The maximum Gasteiger partial charge on any atom is 0.220 e. The summed E-state index contributed by atoms with van der Waals surface area (Å²) in [7, 11) is 4.49. The number of allylic oxidation sites excluding steroid dienone is 2. The molecule has 1 aromatic carbocycles. The van der Waals surface area contributed by atoms with Crippen LogP contribution in [0.1, 0.15) is 12.0 Å². The normalized spacial score (nSPS) is 21.1. The Morgan fingerprint density at radius 1 is 1.08 bits per heavy atom. The molecule has 0 saturated heterocycles. The van der Waals surface area contributed by atoms with Gasteiger partial charge in [-0.2, -0.15) is 10.5 Å². The first kappa shape index (κ1) is 17.7. The molecule has 24 heavy (non-hydrogen) atoms. The summed E-state index contributed by atoms with van der Waals surface area (Å²) in [6.45, 7) is 0. The number of hydrogen-bond acceptors (Lipinski definition) is 5. The summed E-state index contributed by atoms with van der Waals surface area (Å²) in [5.74, 6) is -0.975. The summed E-state index contributed by atoms with van der Waals surface area (Å²) >= 11 is 0. The fourth-order valence-corrected chi connectivity index (χ4v) is 2.99. The van der Waals surface area contributed by atoms with Crippen molar-refractivity contribution in [3.05, 3.63) is 48.1 Å². The highest BCUT2D eigenvalue weighted by molar-refractivity contribution is 5.52. The summed E-state index contributed by atoms with van der Waals surface area (Å²) in [6, 6.07) is 11.8. The van der Waals surface area contributed by atoms with E-state index in [4.69, 9.17) is 14.2 Å². The van der Waals surface area contributed by atoms with Gasteiger partial charge in [0.2, 0.25) is 11.2 Å². The Hall–Kier alpha value is -2.60. The van der Waals surface area contributed by atoms with Crippen LogP contribution >= 0.6 is 0 Å². The zero-order valence-electron chi connectivity index (χ0n) is 14.0. The van der Waals surface area contributed by atoms with Crippen molar-refractivity contribution in [1.82, 2.24) is 0 Å². The van der Waals surface area contributed by atoms with Crippen LogP contribution in [0.5, 0.6) is 5.75 Å². The Kier molecular flexibility index (Phi) is 5.41. The van der Waals surface area contributed by atoms with Crippen LogP contribution in [0, 0.1) is 34.0 Å². The van der Waals surface area contributed by atoms with Crippen molar-refractivity contribution in [1.29, 1.82) is 10.5 Å². The molecule has 0 N–H and O–H groups in total. The number of hydrogen-bond donors (Lipinski definition) is 0. The standard InChI is InChI=1S/C19H20N2O3/c1-22-17-10-7-15(8-11-17)6-9-16-5-4-12-19(23-2,24-3)18(16,13-20)14-21/h4,6-12,16H,5H2,1-3H3/b9-6+/t16-/m1/s1. The third-order valence-corrected chi connectivity index (χ3v) is 4.43. The lowest BCUT2D eigenvalue weighted by Crippen LogP contribution is -2.53. The van der Waals surface area contributed by atoms with E-state index in [9.17, 15) is 10.5 Å². The fourth-order valence-electron chi connectivity index (χ4n) is 2.99. The van der Waals surface area contributed by atoms with Crippen LogP contribution in [0.25, 0.3) is 6.08 Å². The van der Waals surface area contributed by atoms with Crippen molar-refractivity contribution in [2.24, 2.45) is 11.3 Å². The number of nitriles is 2. The van der Waals surface area contributed by atoms with E-state index in [0.29, 0.717) is 6.42 Å². The minimum absolute atomic E-state index is 0.362. The highest BCUT2D eigenvalue weighted by Crippen LogP contribution is 2.47. The summed E-state index contributed by atoms with van der Waals surface area (Å²) in [6.07, 6.45) is 7.84. The molecule has 0 aromatic heterocycles. The monoisotopic (exact) mass is 324 g/mol. The van der Waals surface area contributed by atoms with Crippen LogP contribution in [0.3, 0.4) is 0 Å². The van der Waals surface area contributed by atoms with Gasteiger partial charge in [0.05, 0.1) is 19.2 Å². The lowest BCUT2D eigenvalue weighted by atomic mass is 9.66. The van der Waals surface area contributed by atoms with Crippen LogP contribution in [0.4, 0.5) is 0 Å². The molecule has 0 radical (unpaired) electrons. The van der Waals surface area contributed by atoms with E-state index in [1.165, 1.54) is 14.2 Å². The van der Waals surface area contributed by atoms with E-state index in [-0.39, 0.29) is 5.92 Å². The molecule has 1 aromatic rings. The number of nitrogens with zero attached hydrogens (tertiary/aromatic N) is 2. The summed E-state index contributed by atoms with van der Waals surface area (Å²) in [5, 5.41) is 19.5. The third-order valence-electron chi connectivity index (χ3n) is 4.43. The molecule has 5 nitrogen and oxygen atoms in total. The first-order valence-corrected chi connectivity index (χ1v) is 7.54. The van der Waals surface area contributed by atoms with Crippen molar-refractivity contribution in [2.75, 3.05) is 21.3 Å². The van der Waals surface area contributed by atoms with E-state index >= 15 is 0 Å². The van der Waals surface area contributed by atoms with Crippen molar-refractivity contribution >= 4 is 6.08 Å². The minimum atomic E-state index is -1.46. The molecule has 2 rings (SSSR count). The van der Waals surface area contributed by atoms with E-state index in [1.54, 1.807) is 13.2 Å². The molecular formula is C19H20N2O3. The molecule has 0 bridgehead atoms. The van der Waals surface area contributed by atoms with Gasteiger partial charge < -0.3 is 14.2 Å². The van der Waals surface area contributed by atoms with Crippen LogP contribution < -0.4 is 4.74 Å². The maximum absolute atomic E-state index is 9.76. The Bertz CT molecular complexity index is 690. The van der Waals surface area contributed by atoms with Crippen molar-refractivity contribution in [2.45, 2.75) is 12.2 Å². The molecule has 0 fully saturated rings. The van der Waals surface area contributed by atoms with Gasteiger partial charge in [-0.1, -0.05) is 30.4 Å². The van der Waals surface area contributed by atoms with Crippen LogP contribution in [0.15, 0.2) is 42.5 Å². The Labute approximate surface area is 142 Å².